The number of para-hydroxylation sites is 4. The minimum atomic E-state index is 0.645. The molecule has 0 unspecified atom stereocenters. The van der Waals surface area contributed by atoms with Gasteiger partial charge in [0.1, 0.15) is 0 Å². The largest absolute Gasteiger partial charge is 0.309 e. The lowest BCUT2D eigenvalue weighted by atomic mass is 9.94. The standard InChI is InChI=1S/C58H36N4/c1-2-17-41(18-3-1)61-53-27-12-10-22-46(53)51-36-50(44-20-6-7-23-48(44)57(51)61)40-33-34-47-45-21-9-13-28-54(45)62(55(47)35-40)58-59-52-26-11-8-24-49(52)56(60-58)39-31-29-38(30-32-39)43-25-14-16-37-15-4-5-19-42(37)43/h1-36H. The Morgan fingerprint density at radius 1 is 0.306 bits per heavy atom. The van der Waals surface area contributed by atoms with Gasteiger partial charge in [-0.25, -0.2) is 9.97 Å². The number of rotatable bonds is 5. The molecular formula is C58H36N4. The summed E-state index contributed by atoms with van der Waals surface area (Å²) >= 11 is 0. The third-order valence-corrected chi connectivity index (χ3v) is 12.7. The second kappa shape index (κ2) is 13.6. The summed E-state index contributed by atoms with van der Waals surface area (Å²) in [6.45, 7) is 0. The Morgan fingerprint density at radius 3 is 1.69 bits per heavy atom. The normalized spacial score (nSPS) is 11.9. The molecule has 4 nitrogen and oxygen atoms in total. The summed E-state index contributed by atoms with van der Waals surface area (Å²) in [6, 6.07) is 78.6. The summed E-state index contributed by atoms with van der Waals surface area (Å²) in [7, 11) is 0. The van der Waals surface area contributed by atoms with Crippen molar-refractivity contribution in [1.29, 1.82) is 0 Å². The van der Waals surface area contributed by atoms with Crippen LogP contribution >= 0.6 is 0 Å². The zero-order valence-corrected chi connectivity index (χ0v) is 33.6. The van der Waals surface area contributed by atoms with Gasteiger partial charge in [0.2, 0.25) is 5.95 Å². The third-order valence-electron chi connectivity index (χ3n) is 12.7. The van der Waals surface area contributed by atoms with Crippen LogP contribution < -0.4 is 0 Å². The number of aromatic nitrogens is 4. The second-order valence-corrected chi connectivity index (χ2v) is 16.1. The van der Waals surface area contributed by atoms with E-state index in [1.165, 1.54) is 60.0 Å². The summed E-state index contributed by atoms with van der Waals surface area (Å²) in [5.74, 6) is 0.645. The molecule has 13 aromatic rings. The number of hydrogen-bond acceptors (Lipinski definition) is 2. The van der Waals surface area contributed by atoms with E-state index in [1.54, 1.807) is 0 Å². The van der Waals surface area contributed by atoms with Gasteiger partial charge >= 0.3 is 0 Å². The SMILES string of the molecule is c1ccc(-n2c3ccccc3c3cc(-c4ccc5c6ccccc6n(-c6nc(-c7ccc(-c8cccc9ccccc89)cc7)c7ccccc7n6)c5c4)c4ccccc4c32)cc1. The average molecular weight is 789 g/mol. The van der Waals surface area contributed by atoms with Crippen molar-refractivity contribution < 1.29 is 0 Å². The minimum absolute atomic E-state index is 0.645. The maximum Gasteiger partial charge on any atom is 0.235 e. The van der Waals surface area contributed by atoms with Crippen LogP contribution in [-0.4, -0.2) is 19.1 Å². The van der Waals surface area contributed by atoms with E-state index in [1.807, 2.05) is 0 Å². The molecule has 10 aromatic carbocycles. The van der Waals surface area contributed by atoms with Gasteiger partial charge in [-0.3, -0.25) is 4.57 Å². The van der Waals surface area contributed by atoms with Gasteiger partial charge in [0.15, 0.2) is 0 Å². The highest BCUT2D eigenvalue weighted by Gasteiger charge is 2.21. The molecule has 0 radical (unpaired) electrons. The fraction of sp³-hybridized carbons (Fsp3) is 0. The van der Waals surface area contributed by atoms with Gasteiger partial charge in [0.05, 0.1) is 33.3 Å². The monoisotopic (exact) mass is 788 g/mol. The van der Waals surface area contributed by atoms with E-state index in [2.05, 4.69) is 228 Å². The highest BCUT2D eigenvalue weighted by Crippen LogP contribution is 2.43. The number of nitrogens with zero attached hydrogens (tertiary/aromatic N) is 4. The smallest absolute Gasteiger partial charge is 0.235 e. The molecule has 0 fully saturated rings. The molecule has 0 aliphatic carbocycles. The first-order chi connectivity index (χ1) is 30.8. The van der Waals surface area contributed by atoms with E-state index in [4.69, 9.17) is 9.97 Å². The van der Waals surface area contributed by atoms with Crippen LogP contribution in [0.1, 0.15) is 0 Å². The lowest BCUT2D eigenvalue weighted by Crippen LogP contribution is -2.03. The van der Waals surface area contributed by atoms with Gasteiger partial charge in [0, 0.05) is 43.6 Å². The third kappa shape index (κ3) is 5.20. The van der Waals surface area contributed by atoms with Crippen molar-refractivity contribution in [1.82, 2.24) is 19.1 Å². The van der Waals surface area contributed by atoms with Crippen LogP contribution in [0.3, 0.4) is 0 Å². The molecule has 0 N–H and O–H groups in total. The van der Waals surface area contributed by atoms with Crippen molar-refractivity contribution in [3.8, 4) is 45.1 Å². The number of hydrogen-bond donors (Lipinski definition) is 0. The van der Waals surface area contributed by atoms with E-state index >= 15 is 0 Å². The van der Waals surface area contributed by atoms with E-state index < -0.39 is 0 Å². The molecule has 288 valence electrons. The number of fused-ring (bicyclic) bond motifs is 10. The summed E-state index contributed by atoms with van der Waals surface area (Å²) < 4.78 is 4.68. The predicted octanol–water partition coefficient (Wildman–Crippen LogP) is 15.1. The van der Waals surface area contributed by atoms with Gasteiger partial charge in [0.25, 0.3) is 0 Å². The molecule has 0 spiro atoms. The first-order valence-corrected chi connectivity index (χ1v) is 21.2. The topological polar surface area (TPSA) is 35.6 Å². The Bertz CT molecular complexity index is 3910. The highest BCUT2D eigenvalue weighted by atomic mass is 15.2. The molecule has 62 heavy (non-hydrogen) atoms. The molecular weight excluding hydrogens is 753 g/mol. The molecule has 13 rings (SSSR count). The van der Waals surface area contributed by atoms with Crippen LogP contribution in [0.25, 0.3) is 121 Å². The zero-order chi connectivity index (χ0) is 40.7. The lowest BCUT2D eigenvalue weighted by Gasteiger charge is -2.14. The van der Waals surface area contributed by atoms with Crippen LogP contribution in [-0.2, 0) is 0 Å². The maximum atomic E-state index is 5.47. The van der Waals surface area contributed by atoms with Crippen molar-refractivity contribution in [3.63, 3.8) is 0 Å². The Balaban J connectivity index is 1.03. The van der Waals surface area contributed by atoms with Crippen molar-refractivity contribution >= 4 is 76.1 Å². The Kier molecular flexibility index (Phi) is 7.57. The van der Waals surface area contributed by atoms with Crippen molar-refractivity contribution in [2.45, 2.75) is 0 Å². The molecule has 0 aliphatic rings. The summed E-state index contributed by atoms with van der Waals surface area (Å²) in [5.41, 5.74) is 13.3. The fourth-order valence-corrected chi connectivity index (χ4v) is 9.93. The Labute approximate surface area is 357 Å². The molecule has 0 saturated heterocycles. The van der Waals surface area contributed by atoms with Gasteiger partial charge in [-0.2, -0.15) is 0 Å². The van der Waals surface area contributed by atoms with Crippen LogP contribution in [0.5, 0.6) is 0 Å². The minimum Gasteiger partial charge on any atom is -0.309 e. The van der Waals surface area contributed by atoms with Gasteiger partial charge < -0.3 is 4.57 Å². The van der Waals surface area contributed by atoms with Crippen molar-refractivity contribution in [3.05, 3.63) is 218 Å². The van der Waals surface area contributed by atoms with E-state index in [0.29, 0.717) is 5.95 Å². The molecule has 0 saturated carbocycles. The Morgan fingerprint density at radius 2 is 0.887 bits per heavy atom. The van der Waals surface area contributed by atoms with Gasteiger partial charge in [-0.15, -0.1) is 0 Å². The summed E-state index contributed by atoms with van der Waals surface area (Å²) in [6.07, 6.45) is 0. The summed E-state index contributed by atoms with van der Waals surface area (Å²) in [5, 5.41) is 10.7. The molecule has 3 aromatic heterocycles. The van der Waals surface area contributed by atoms with Crippen molar-refractivity contribution in [2.24, 2.45) is 0 Å². The average Bonchev–Trinajstić information content (AvgIpc) is 3.86. The molecule has 3 heterocycles. The lowest BCUT2D eigenvalue weighted by molar-refractivity contribution is 1.01. The fourth-order valence-electron chi connectivity index (χ4n) is 9.93. The van der Waals surface area contributed by atoms with Crippen LogP contribution in [0.15, 0.2) is 218 Å². The van der Waals surface area contributed by atoms with Crippen LogP contribution in [0.4, 0.5) is 0 Å². The number of benzene rings is 10. The zero-order valence-electron chi connectivity index (χ0n) is 33.6. The van der Waals surface area contributed by atoms with Crippen LogP contribution in [0.2, 0.25) is 0 Å². The first-order valence-electron chi connectivity index (χ1n) is 21.2. The predicted molar refractivity (Wildman–Crippen MR) is 260 cm³/mol. The summed E-state index contributed by atoms with van der Waals surface area (Å²) in [4.78, 5) is 10.8. The van der Waals surface area contributed by atoms with E-state index in [0.717, 1.165) is 55.2 Å². The first kappa shape index (κ1) is 34.5. The highest BCUT2D eigenvalue weighted by molar-refractivity contribution is 6.22. The molecule has 4 heteroatoms. The second-order valence-electron chi connectivity index (χ2n) is 16.1. The quantitative estimate of drug-likeness (QED) is 0.174. The van der Waals surface area contributed by atoms with Crippen LogP contribution in [0, 0.1) is 0 Å². The van der Waals surface area contributed by atoms with Gasteiger partial charge in [-0.1, -0.05) is 176 Å². The molecule has 0 atom stereocenters. The molecule has 0 bridgehead atoms. The van der Waals surface area contributed by atoms with Gasteiger partial charge in [-0.05, 0) is 80.9 Å². The maximum absolute atomic E-state index is 5.47. The van der Waals surface area contributed by atoms with E-state index in [-0.39, 0.29) is 0 Å². The molecule has 0 amide bonds. The Hall–Kier alpha value is -8.34. The molecule has 0 aliphatic heterocycles. The van der Waals surface area contributed by atoms with Crippen molar-refractivity contribution in [2.75, 3.05) is 0 Å². The van der Waals surface area contributed by atoms with E-state index in [9.17, 15) is 0 Å².